The van der Waals surface area contributed by atoms with Gasteiger partial charge in [0.05, 0.1) is 27.8 Å². The van der Waals surface area contributed by atoms with E-state index in [4.69, 9.17) is 4.98 Å². The number of rotatable bonds is 2. The number of hydrogen-bond donors (Lipinski definition) is 1. The van der Waals surface area contributed by atoms with Crippen LogP contribution in [0.15, 0.2) is 54.6 Å². The lowest BCUT2D eigenvalue weighted by molar-refractivity contribution is 0.0766. The van der Waals surface area contributed by atoms with Crippen LogP contribution < -0.4 is 4.90 Å². The summed E-state index contributed by atoms with van der Waals surface area (Å²) in [6.45, 7) is 4.95. The number of imidazole rings is 1. The molecular formula is C23H23N5O. The van der Waals surface area contributed by atoms with Crippen LogP contribution in [-0.2, 0) is 0 Å². The highest BCUT2D eigenvalue weighted by molar-refractivity contribution is 5.98. The van der Waals surface area contributed by atoms with Crippen LogP contribution in [0.25, 0.3) is 21.9 Å². The molecule has 6 nitrogen and oxygen atoms in total. The first-order chi connectivity index (χ1) is 14.2. The number of benzene rings is 2. The van der Waals surface area contributed by atoms with Gasteiger partial charge in [-0.15, -0.1) is 0 Å². The summed E-state index contributed by atoms with van der Waals surface area (Å²) >= 11 is 0. The molecule has 3 heterocycles. The summed E-state index contributed by atoms with van der Waals surface area (Å²) in [6.07, 6.45) is 0.906. The lowest BCUT2D eigenvalue weighted by Gasteiger charge is -2.22. The summed E-state index contributed by atoms with van der Waals surface area (Å²) in [5.41, 5.74) is 4.41. The van der Waals surface area contributed by atoms with Gasteiger partial charge in [-0.3, -0.25) is 9.78 Å². The number of aromatic nitrogens is 3. The van der Waals surface area contributed by atoms with E-state index in [0.717, 1.165) is 59.6 Å². The number of nitrogens with zero attached hydrogens (tertiary/aromatic N) is 4. The highest BCUT2D eigenvalue weighted by Crippen LogP contribution is 2.21. The zero-order valence-corrected chi connectivity index (χ0v) is 16.4. The van der Waals surface area contributed by atoms with E-state index in [9.17, 15) is 4.79 Å². The van der Waals surface area contributed by atoms with Crippen molar-refractivity contribution in [1.29, 1.82) is 0 Å². The Hall–Kier alpha value is -3.41. The van der Waals surface area contributed by atoms with Crippen molar-refractivity contribution in [2.24, 2.45) is 0 Å². The molecule has 29 heavy (non-hydrogen) atoms. The lowest BCUT2D eigenvalue weighted by Crippen LogP contribution is -2.35. The fraction of sp³-hybridized carbons (Fsp3) is 0.261. The van der Waals surface area contributed by atoms with Gasteiger partial charge in [-0.1, -0.05) is 30.3 Å². The van der Waals surface area contributed by atoms with Crippen molar-refractivity contribution in [2.75, 3.05) is 31.1 Å². The van der Waals surface area contributed by atoms with Gasteiger partial charge < -0.3 is 14.8 Å². The van der Waals surface area contributed by atoms with Crippen LogP contribution >= 0.6 is 0 Å². The first-order valence-electron chi connectivity index (χ1n) is 10.0. The second-order valence-corrected chi connectivity index (χ2v) is 7.52. The van der Waals surface area contributed by atoms with Gasteiger partial charge in [-0.25, -0.2) is 4.98 Å². The zero-order valence-electron chi connectivity index (χ0n) is 16.4. The van der Waals surface area contributed by atoms with Crippen molar-refractivity contribution < 1.29 is 4.79 Å². The summed E-state index contributed by atoms with van der Waals surface area (Å²) in [6, 6.07) is 18.0. The normalized spacial score (nSPS) is 15.1. The van der Waals surface area contributed by atoms with E-state index in [2.05, 4.69) is 14.9 Å². The second kappa shape index (κ2) is 7.20. The van der Waals surface area contributed by atoms with Gasteiger partial charge in [-0.2, -0.15) is 0 Å². The number of carbonyl (C=O) groups excluding carboxylic acids is 1. The molecule has 0 unspecified atom stereocenters. The van der Waals surface area contributed by atoms with Crippen LogP contribution in [-0.4, -0.2) is 51.9 Å². The maximum atomic E-state index is 13.2. The van der Waals surface area contributed by atoms with Crippen LogP contribution in [0.4, 0.5) is 5.95 Å². The number of nitrogens with one attached hydrogen (secondary N) is 1. The molecule has 1 N–H and O–H groups in total. The number of carbonyl (C=O) groups is 1. The SMILES string of the molecule is Cc1nc2ccccc2cc1C(=O)N1CCCN(c2nc3ccccc3[nH]2)CC1. The van der Waals surface area contributed by atoms with Crippen LogP contribution in [0.2, 0.25) is 0 Å². The van der Waals surface area contributed by atoms with Crippen LogP contribution in [0.5, 0.6) is 0 Å². The van der Waals surface area contributed by atoms with Gasteiger partial charge in [-0.05, 0) is 37.6 Å². The third-order valence-corrected chi connectivity index (χ3v) is 5.60. The van der Waals surface area contributed by atoms with Gasteiger partial charge in [0, 0.05) is 31.6 Å². The Morgan fingerprint density at radius 2 is 1.72 bits per heavy atom. The highest BCUT2D eigenvalue weighted by atomic mass is 16.2. The molecule has 146 valence electrons. The van der Waals surface area contributed by atoms with E-state index in [0.29, 0.717) is 12.1 Å². The van der Waals surface area contributed by atoms with Crippen LogP contribution in [0, 0.1) is 6.92 Å². The average molecular weight is 385 g/mol. The molecule has 0 spiro atoms. The van der Waals surface area contributed by atoms with E-state index in [-0.39, 0.29) is 5.91 Å². The van der Waals surface area contributed by atoms with Gasteiger partial charge in [0.2, 0.25) is 5.95 Å². The molecule has 1 fully saturated rings. The Labute approximate surface area is 169 Å². The first kappa shape index (κ1) is 17.7. The Morgan fingerprint density at radius 1 is 0.931 bits per heavy atom. The maximum absolute atomic E-state index is 13.2. The van der Waals surface area contributed by atoms with Gasteiger partial charge in [0.1, 0.15) is 0 Å². The molecule has 6 heteroatoms. The molecule has 5 rings (SSSR count). The van der Waals surface area contributed by atoms with Crippen molar-refractivity contribution in [3.8, 4) is 0 Å². The number of hydrogen-bond acceptors (Lipinski definition) is 4. The minimum Gasteiger partial charge on any atom is -0.341 e. The molecule has 4 aromatic rings. The molecular weight excluding hydrogens is 362 g/mol. The molecule has 2 aromatic heterocycles. The highest BCUT2D eigenvalue weighted by Gasteiger charge is 2.23. The molecule has 1 saturated heterocycles. The van der Waals surface area contributed by atoms with Crippen molar-refractivity contribution in [3.05, 3.63) is 65.9 Å². The molecule has 1 amide bonds. The first-order valence-corrected chi connectivity index (χ1v) is 10.0. The van der Waals surface area contributed by atoms with Gasteiger partial charge in [0.15, 0.2) is 0 Å². The molecule has 0 bridgehead atoms. The maximum Gasteiger partial charge on any atom is 0.255 e. The summed E-state index contributed by atoms with van der Waals surface area (Å²) < 4.78 is 0. The van der Waals surface area contributed by atoms with E-state index >= 15 is 0 Å². The molecule has 2 aromatic carbocycles. The van der Waals surface area contributed by atoms with Crippen molar-refractivity contribution in [2.45, 2.75) is 13.3 Å². The smallest absolute Gasteiger partial charge is 0.255 e. The Bertz CT molecular complexity index is 1170. The summed E-state index contributed by atoms with van der Waals surface area (Å²) in [4.78, 5) is 30.2. The summed E-state index contributed by atoms with van der Waals surface area (Å²) in [5, 5.41) is 1.00. The number of aryl methyl sites for hydroxylation is 1. The monoisotopic (exact) mass is 385 g/mol. The third-order valence-electron chi connectivity index (χ3n) is 5.60. The van der Waals surface area contributed by atoms with Crippen molar-refractivity contribution in [1.82, 2.24) is 19.9 Å². The topological polar surface area (TPSA) is 65.1 Å². The number of fused-ring (bicyclic) bond motifs is 2. The second-order valence-electron chi connectivity index (χ2n) is 7.52. The van der Waals surface area contributed by atoms with E-state index in [1.165, 1.54) is 0 Å². The van der Waals surface area contributed by atoms with E-state index in [1.54, 1.807) is 0 Å². The minimum atomic E-state index is 0.0622. The Morgan fingerprint density at radius 3 is 2.59 bits per heavy atom. The van der Waals surface area contributed by atoms with Gasteiger partial charge in [0.25, 0.3) is 5.91 Å². The zero-order chi connectivity index (χ0) is 19.8. The largest absolute Gasteiger partial charge is 0.341 e. The third kappa shape index (κ3) is 3.31. The number of aromatic amines is 1. The number of pyridine rings is 1. The Balaban J connectivity index is 1.36. The fourth-order valence-corrected chi connectivity index (χ4v) is 4.02. The predicted molar refractivity (Wildman–Crippen MR) is 115 cm³/mol. The average Bonchev–Trinajstić information content (AvgIpc) is 3.02. The van der Waals surface area contributed by atoms with Crippen LogP contribution in [0.3, 0.4) is 0 Å². The predicted octanol–water partition coefficient (Wildman–Crippen LogP) is 3.77. The van der Waals surface area contributed by atoms with Crippen molar-refractivity contribution >= 4 is 33.8 Å². The number of amides is 1. The number of anilines is 1. The molecule has 0 radical (unpaired) electrons. The Kier molecular flexibility index (Phi) is 4.39. The molecule has 1 aliphatic rings. The molecule has 0 aliphatic carbocycles. The number of H-pyrrole nitrogens is 1. The lowest BCUT2D eigenvalue weighted by atomic mass is 10.1. The van der Waals surface area contributed by atoms with E-state index < -0.39 is 0 Å². The number of para-hydroxylation sites is 3. The summed E-state index contributed by atoms with van der Waals surface area (Å²) in [5.74, 6) is 0.941. The quantitative estimate of drug-likeness (QED) is 0.570. The fourth-order valence-electron chi connectivity index (χ4n) is 4.02. The van der Waals surface area contributed by atoms with Crippen molar-refractivity contribution in [3.63, 3.8) is 0 Å². The standard InChI is InChI=1S/C23H23N5O/c1-16-18(15-17-7-2-3-8-19(17)24-16)22(29)27-11-6-12-28(14-13-27)23-25-20-9-4-5-10-21(20)26-23/h2-5,7-10,15H,6,11-14H2,1H3,(H,25,26). The van der Waals surface area contributed by atoms with Crippen LogP contribution in [0.1, 0.15) is 22.5 Å². The summed E-state index contributed by atoms with van der Waals surface area (Å²) in [7, 11) is 0. The van der Waals surface area contributed by atoms with Gasteiger partial charge >= 0.3 is 0 Å². The minimum absolute atomic E-state index is 0.0622. The molecule has 0 saturated carbocycles. The van der Waals surface area contributed by atoms with E-state index in [1.807, 2.05) is 66.4 Å². The molecule has 0 atom stereocenters. The molecule has 1 aliphatic heterocycles.